The molecule has 0 saturated heterocycles. The Bertz CT molecular complexity index is 906. The van der Waals surface area contributed by atoms with Gasteiger partial charge in [0.05, 0.1) is 23.5 Å². The summed E-state index contributed by atoms with van der Waals surface area (Å²) in [5, 5.41) is 16.9. The number of nitrogens with one attached hydrogen (secondary N) is 1. The summed E-state index contributed by atoms with van der Waals surface area (Å²) >= 11 is 0. The van der Waals surface area contributed by atoms with Crippen molar-refractivity contribution in [3.05, 3.63) is 82.9 Å². The van der Waals surface area contributed by atoms with Crippen molar-refractivity contribution in [1.82, 2.24) is 15.1 Å². The number of aromatic nitrogens is 2. The molecule has 1 N–H and O–H groups in total. The molecule has 0 aliphatic heterocycles. The van der Waals surface area contributed by atoms with E-state index in [2.05, 4.69) is 23.4 Å². The fraction of sp³-hybridized carbons (Fsp3) is 0.200. The van der Waals surface area contributed by atoms with Crippen LogP contribution in [0.4, 0.5) is 4.39 Å². The molecule has 4 nitrogen and oxygen atoms in total. The van der Waals surface area contributed by atoms with Crippen LogP contribution in [0.5, 0.6) is 0 Å². The van der Waals surface area contributed by atoms with Crippen LogP contribution in [0.1, 0.15) is 35.3 Å². The maximum absolute atomic E-state index is 13.1. The lowest BCUT2D eigenvalue weighted by molar-refractivity contribution is 0.571. The van der Waals surface area contributed by atoms with E-state index in [9.17, 15) is 4.39 Å². The van der Waals surface area contributed by atoms with Gasteiger partial charge in [-0.1, -0.05) is 12.1 Å². The largest absolute Gasteiger partial charge is 0.306 e. The monoisotopic (exact) mass is 334 g/mol. The molecule has 5 heteroatoms. The predicted molar refractivity (Wildman–Crippen MR) is 94.7 cm³/mol. The minimum Gasteiger partial charge on any atom is -0.306 e. The second kappa shape index (κ2) is 7.29. The molecule has 0 unspecified atom stereocenters. The summed E-state index contributed by atoms with van der Waals surface area (Å²) in [5.74, 6) is -0.261. The topological polar surface area (TPSA) is 53.6 Å². The Morgan fingerprint density at radius 2 is 2.00 bits per heavy atom. The Morgan fingerprint density at radius 3 is 2.72 bits per heavy atom. The summed E-state index contributed by atoms with van der Waals surface area (Å²) in [6, 6.07) is 16.1. The van der Waals surface area contributed by atoms with Crippen LogP contribution < -0.4 is 5.32 Å². The lowest BCUT2D eigenvalue weighted by Gasteiger charge is -2.14. The maximum Gasteiger partial charge on any atom is 0.123 e. The van der Waals surface area contributed by atoms with E-state index in [1.165, 1.54) is 12.1 Å². The van der Waals surface area contributed by atoms with Gasteiger partial charge in [0.15, 0.2) is 0 Å². The summed E-state index contributed by atoms with van der Waals surface area (Å²) in [6.07, 6.45) is 1.84. The smallest absolute Gasteiger partial charge is 0.123 e. The molecule has 3 aromatic rings. The Morgan fingerprint density at radius 1 is 1.24 bits per heavy atom. The highest BCUT2D eigenvalue weighted by atomic mass is 19.1. The van der Waals surface area contributed by atoms with Gasteiger partial charge in [0.25, 0.3) is 0 Å². The van der Waals surface area contributed by atoms with Crippen LogP contribution in [0.3, 0.4) is 0 Å². The van der Waals surface area contributed by atoms with Gasteiger partial charge in [-0.25, -0.2) is 9.07 Å². The molecule has 2 aromatic carbocycles. The number of benzene rings is 2. The van der Waals surface area contributed by atoms with Crippen molar-refractivity contribution in [3.8, 4) is 11.8 Å². The van der Waals surface area contributed by atoms with Crippen LogP contribution in [-0.2, 0) is 6.54 Å². The van der Waals surface area contributed by atoms with E-state index >= 15 is 0 Å². The number of hydrogen-bond acceptors (Lipinski definition) is 3. The molecular formula is C20H19FN4. The molecule has 0 fully saturated rings. The molecular weight excluding hydrogens is 315 g/mol. The first-order valence-electron chi connectivity index (χ1n) is 8.11. The van der Waals surface area contributed by atoms with Crippen LogP contribution >= 0.6 is 0 Å². The van der Waals surface area contributed by atoms with E-state index in [1.807, 2.05) is 36.0 Å². The van der Waals surface area contributed by atoms with Crippen molar-refractivity contribution in [1.29, 1.82) is 5.26 Å². The Labute approximate surface area is 146 Å². The van der Waals surface area contributed by atoms with Crippen molar-refractivity contribution in [3.63, 3.8) is 0 Å². The standard InChI is InChI=1S/C20H19FN4/c1-14(23-12-17-5-3-4-16(10-17)11-22)20-13-24-25(15(20)2)19-8-6-18(21)7-9-19/h3-10,13-14,23H,12H2,1-2H3/t14-/m0/s1. The molecule has 0 spiro atoms. The average molecular weight is 334 g/mol. The molecule has 0 bridgehead atoms. The van der Waals surface area contributed by atoms with Crippen molar-refractivity contribution >= 4 is 0 Å². The molecule has 0 aliphatic rings. The van der Waals surface area contributed by atoms with Gasteiger partial charge in [0.1, 0.15) is 5.82 Å². The highest BCUT2D eigenvalue weighted by molar-refractivity contribution is 5.36. The lowest BCUT2D eigenvalue weighted by atomic mass is 10.1. The van der Waals surface area contributed by atoms with Crippen molar-refractivity contribution in [2.75, 3.05) is 0 Å². The first kappa shape index (κ1) is 16.9. The summed E-state index contributed by atoms with van der Waals surface area (Å²) in [7, 11) is 0. The van der Waals surface area contributed by atoms with Crippen molar-refractivity contribution in [2.45, 2.75) is 26.4 Å². The first-order valence-corrected chi connectivity index (χ1v) is 8.11. The molecule has 3 rings (SSSR count). The van der Waals surface area contributed by atoms with Gasteiger partial charge in [0, 0.05) is 23.8 Å². The number of halogens is 1. The van der Waals surface area contributed by atoms with Crippen LogP contribution in [-0.4, -0.2) is 9.78 Å². The number of nitrogens with zero attached hydrogens (tertiary/aromatic N) is 3. The van der Waals surface area contributed by atoms with E-state index < -0.39 is 0 Å². The minimum atomic E-state index is -0.261. The quantitative estimate of drug-likeness (QED) is 0.766. The van der Waals surface area contributed by atoms with Crippen LogP contribution in [0, 0.1) is 24.1 Å². The number of hydrogen-bond donors (Lipinski definition) is 1. The second-order valence-electron chi connectivity index (χ2n) is 5.99. The Balaban J connectivity index is 1.73. The summed E-state index contributed by atoms with van der Waals surface area (Å²) in [5.41, 5.74) is 4.65. The van der Waals surface area contributed by atoms with Crippen molar-refractivity contribution in [2.24, 2.45) is 0 Å². The molecule has 0 radical (unpaired) electrons. The normalized spacial score (nSPS) is 11.9. The molecule has 25 heavy (non-hydrogen) atoms. The van der Waals surface area contributed by atoms with E-state index in [0.717, 1.165) is 22.5 Å². The zero-order chi connectivity index (χ0) is 17.8. The highest BCUT2D eigenvalue weighted by Gasteiger charge is 2.14. The Kier molecular flexibility index (Phi) is 4.92. The van der Waals surface area contributed by atoms with E-state index in [4.69, 9.17) is 5.26 Å². The number of rotatable bonds is 5. The summed E-state index contributed by atoms with van der Waals surface area (Å²) < 4.78 is 14.9. The van der Waals surface area contributed by atoms with Gasteiger partial charge in [0.2, 0.25) is 0 Å². The molecule has 1 atom stereocenters. The third kappa shape index (κ3) is 3.76. The molecule has 0 amide bonds. The van der Waals surface area contributed by atoms with Gasteiger partial charge in [-0.3, -0.25) is 0 Å². The molecule has 0 saturated carbocycles. The molecule has 126 valence electrons. The average Bonchev–Trinajstić information content (AvgIpc) is 3.02. The fourth-order valence-electron chi connectivity index (χ4n) is 2.82. The van der Waals surface area contributed by atoms with Crippen LogP contribution in [0.15, 0.2) is 54.7 Å². The fourth-order valence-corrected chi connectivity index (χ4v) is 2.82. The van der Waals surface area contributed by atoms with Gasteiger partial charge in [-0.15, -0.1) is 0 Å². The lowest BCUT2D eigenvalue weighted by Crippen LogP contribution is -2.18. The van der Waals surface area contributed by atoms with E-state index in [0.29, 0.717) is 12.1 Å². The van der Waals surface area contributed by atoms with Crippen molar-refractivity contribution < 1.29 is 4.39 Å². The van der Waals surface area contributed by atoms with E-state index in [-0.39, 0.29) is 11.9 Å². The predicted octanol–water partition coefficient (Wildman–Crippen LogP) is 4.04. The zero-order valence-electron chi connectivity index (χ0n) is 14.2. The first-order chi connectivity index (χ1) is 12.1. The summed E-state index contributed by atoms with van der Waals surface area (Å²) in [4.78, 5) is 0. The molecule has 1 aromatic heterocycles. The van der Waals surface area contributed by atoms with Gasteiger partial charge >= 0.3 is 0 Å². The molecule has 1 heterocycles. The van der Waals surface area contributed by atoms with Gasteiger partial charge < -0.3 is 5.32 Å². The second-order valence-corrected chi connectivity index (χ2v) is 5.99. The van der Waals surface area contributed by atoms with E-state index in [1.54, 1.807) is 18.2 Å². The zero-order valence-corrected chi connectivity index (χ0v) is 14.2. The number of nitriles is 1. The Hall–Kier alpha value is -2.97. The van der Waals surface area contributed by atoms with Crippen LogP contribution in [0.25, 0.3) is 5.69 Å². The maximum atomic E-state index is 13.1. The highest BCUT2D eigenvalue weighted by Crippen LogP contribution is 2.21. The van der Waals surface area contributed by atoms with Gasteiger partial charge in [-0.05, 0) is 55.8 Å². The summed E-state index contributed by atoms with van der Waals surface area (Å²) in [6.45, 7) is 4.74. The third-order valence-electron chi connectivity index (χ3n) is 4.25. The minimum absolute atomic E-state index is 0.0972. The van der Waals surface area contributed by atoms with Gasteiger partial charge in [-0.2, -0.15) is 10.4 Å². The van der Waals surface area contributed by atoms with Crippen LogP contribution in [0.2, 0.25) is 0 Å². The SMILES string of the molecule is Cc1c([C@H](C)NCc2cccc(C#N)c2)cnn1-c1ccc(F)cc1. The third-order valence-corrected chi connectivity index (χ3v) is 4.25. The molecule has 0 aliphatic carbocycles.